The molecule has 3 aromatic carbocycles. The summed E-state index contributed by atoms with van der Waals surface area (Å²) < 4.78 is 26.2. The standard InChI is InChI=1S/C23H18N4O2S/c24-16-20(17-10-4-1-5-11-17)22-21(18-12-6-2-7-13-18)26-27-23(25-22)30(28,29)19-14-8-3-9-15-19/h1-15,20,22H,(H,25,27). The van der Waals surface area contributed by atoms with Crippen LogP contribution in [0.2, 0.25) is 0 Å². The van der Waals surface area contributed by atoms with E-state index in [9.17, 15) is 13.7 Å². The van der Waals surface area contributed by atoms with Gasteiger partial charge in [0.25, 0.3) is 0 Å². The van der Waals surface area contributed by atoms with Gasteiger partial charge in [-0.3, -0.25) is 5.43 Å². The molecule has 0 saturated heterocycles. The van der Waals surface area contributed by atoms with E-state index in [-0.39, 0.29) is 10.1 Å². The highest BCUT2D eigenvalue weighted by atomic mass is 32.2. The average molecular weight is 414 g/mol. The third-order valence-electron chi connectivity index (χ3n) is 4.80. The lowest BCUT2D eigenvalue weighted by Gasteiger charge is -2.25. The Kier molecular flexibility index (Phi) is 5.42. The summed E-state index contributed by atoms with van der Waals surface area (Å²) in [6.07, 6.45) is 0. The Bertz CT molecular complexity index is 1230. The average Bonchev–Trinajstić information content (AvgIpc) is 2.81. The molecule has 0 fully saturated rings. The lowest BCUT2D eigenvalue weighted by molar-refractivity contribution is 0.604. The van der Waals surface area contributed by atoms with E-state index in [2.05, 4.69) is 21.6 Å². The fourth-order valence-corrected chi connectivity index (χ4v) is 4.45. The van der Waals surface area contributed by atoms with Gasteiger partial charge in [-0.05, 0) is 17.7 Å². The van der Waals surface area contributed by atoms with Crippen molar-refractivity contribution in [2.24, 2.45) is 10.1 Å². The number of nitriles is 1. The van der Waals surface area contributed by atoms with E-state index in [1.165, 1.54) is 12.1 Å². The van der Waals surface area contributed by atoms with Crippen molar-refractivity contribution in [2.45, 2.75) is 16.9 Å². The summed E-state index contributed by atoms with van der Waals surface area (Å²) >= 11 is 0. The number of hydrogen-bond donors (Lipinski definition) is 1. The first-order chi connectivity index (χ1) is 14.6. The second kappa shape index (κ2) is 8.31. The van der Waals surface area contributed by atoms with E-state index < -0.39 is 21.8 Å². The van der Waals surface area contributed by atoms with Crippen LogP contribution in [0.1, 0.15) is 17.0 Å². The highest BCUT2D eigenvalue weighted by molar-refractivity contribution is 8.06. The lowest BCUT2D eigenvalue weighted by atomic mass is 9.87. The number of hydrazone groups is 1. The Hall–Kier alpha value is -3.76. The largest absolute Gasteiger partial charge is 0.251 e. The van der Waals surface area contributed by atoms with Gasteiger partial charge in [-0.25, -0.2) is 13.4 Å². The molecule has 4 rings (SSSR count). The Morgan fingerprint density at radius 1 is 0.867 bits per heavy atom. The molecule has 1 aliphatic heterocycles. The van der Waals surface area contributed by atoms with Crippen LogP contribution < -0.4 is 5.43 Å². The van der Waals surface area contributed by atoms with Crippen LogP contribution in [0.25, 0.3) is 0 Å². The second-order valence-electron chi connectivity index (χ2n) is 6.69. The van der Waals surface area contributed by atoms with Gasteiger partial charge in [0.15, 0.2) is 0 Å². The molecule has 0 aliphatic carbocycles. The molecule has 0 spiro atoms. The Morgan fingerprint density at radius 2 is 1.43 bits per heavy atom. The monoisotopic (exact) mass is 414 g/mol. The van der Waals surface area contributed by atoms with E-state index in [1.807, 2.05) is 60.7 Å². The Morgan fingerprint density at radius 3 is 2.03 bits per heavy atom. The van der Waals surface area contributed by atoms with Crippen molar-refractivity contribution in [2.75, 3.05) is 0 Å². The molecular formula is C23H18N4O2S. The van der Waals surface area contributed by atoms with Gasteiger partial charge in [-0.2, -0.15) is 10.4 Å². The summed E-state index contributed by atoms with van der Waals surface area (Å²) in [5.41, 5.74) is 4.64. The maximum atomic E-state index is 13.1. The van der Waals surface area contributed by atoms with Gasteiger partial charge in [0.05, 0.1) is 22.6 Å². The van der Waals surface area contributed by atoms with Crippen molar-refractivity contribution in [3.8, 4) is 6.07 Å². The van der Waals surface area contributed by atoms with Gasteiger partial charge in [-0.1, -0.05) is 78.9 Å². The summed E-state index contributed by atoms with van der Waals surface area (Å²) in [6.45, 7) is 0. The molecule has 2 atom stereocenters. The highest BCUT2D eigenvalue weighted by Gasteiger charge is 2.35. The van der Waals surface area contributed by atoms with Crippen LogP contribution in [0.4, 0.5) is 0 Å². The first-order valence-corrected chi connectivity index (χ1v) is 10.8. The number of rotatable bonds is 4. The smallest absolute Gasteiger partial charge is 0.242 e. The van der Waals surface area contributed by atoms with Crippen molar-refractivity contribution in [1.29, 1.82) is 5.26 Å². The maximum absolute atomic E-state index is 13.1. The predicted molar refractivity (Wildman–Crippen MR) is 116 cm³/mol. The van der Waals surface area contributed by atoms with Crippen molar-refractivity contribution in [1.82, 2.24) is 5.43 Å². The van der Waals surface area contributed by atoms with Crippen molar-refractivity contribution >= 4 is 20.7 Å². The molecule has 1 N–H and O–H groups in total. The molecule has 30 heavy (non-hydrogen) atoms. The second-order valence-corrected chi connectivity index (χ2v) is 8.55. The minimum absolute atomic E-state index is 0.113. The topological polar surface area (TPSA) is 94.7 Å². The van der Waals surface area contributed by atoms with E-state index in [4.69, 9.17) is 0 Å². The van der Waals surface area contributed by atoms with Gasteiger partial charge in [0.2, 0.25) is 15.0 Å². The molecule has 0 radical (unpaired) electrons. The number of sulfone groups is 1. The number of aliphatic imine (C=N–C) groups is 1. The SMILES string of the molecule is N#CC(c1ccccc1)C1N=C(S(=O)(=O)c2ccccc2)NN=C1c1ccccc1. The van der Waals surface area contributed by atoms with Gasteiger partial charge >= 0.3 is 0 Å². The summed E-state index contributed by atoms with van der Waals surface area (Å²) in [5.74, 6) is -0.701. The van der Waals surface area contributed by atoms with Crippen molar-refractivity contribution in [3.63, 3.8) is 0 Å². The number of benzene rings is 3. The Labute approximate surface area is 175 Å². The molecule has 1 aliphatic rings. The zero-order chi connectivity index (χ0) is 21.0. The minimum atomic E-state index is -3.90. The molecule has 0 bridgehead atoms. The maximum Gasteiger partial charge on any atom is 0.242 e. The van der Waals surface area contributed by atoms with Crippen LogP contribution >= 0.6 is 0 Å². The van der Waals surface area contributed by atoms with Crippen LogP contribution in [0.15, 0.2) is 106 Å². The normalized spacial score (nSPS) is 17.1. The number of amidine groups is 1. The van der Waals surface area contributed by atoms with Gasteiger partial charge in [0.1, 0.15) is 6.04 Å². The molecule has 7 heteroatoms. The van der Waals surface area contributed by atoms with Crippen LogP contribution in [0, 0.1) is 11.3 Å². The molecule has 0 saturated carbocycles. The molecule has 2 unspecified atom stereocenters. The van der Waals surface area contributed by atoms with E-state index in [1.54, 1.807) is 18.2 Å². The van der Waals surface area contributed by atoms with Crippen LogP contribution in [-0.2, 0) is 9.84 Å². The predicted octanol–water partition coefficient (Wildman–Crippen LogP) is 3.50. The highest BCUT2D eigenvalue weighted by Crippen LogP contribution is 2.27. The fraction of sp³-hybridized carbons (Fsp3) is 0.0870. The quantitative estimate of drug-likeness (QED) is 0.707. The van der Waals surface area contributed by atoms with Crippen LogP contribution in [0.3, 0.4) is 0 Å². The third-order valence-corrected chi connectivity index (χ3v) is 6.40. The summed E-state index contributed by atoms with van der Waals surface area (Å²) in [7, 11) is -3.90. The molecule has 1 heterocycles. The molecule has 3 aromatic rings. The Balaban J connectivity index is 1.82. The van der Waals surface area contributed by atoms with Crippen molar-refractivity contribution in [3.05, 3.63) is 102 Å². The van der Waals surface area contributed by atoms with E-state index in [0.717, 1.165) is 11.1 Å². The van der Waals surface area contributed by atoms with E-state index in [0.29, 0.717) is 5.71 Å². The third kappa shape index (κ3) is 3.73. The first kappa shape index (κ1) is 19.6. The molecule has 6 nitrogen and oxygen atoms in total. The minimum Gasteiger partial charge on any atom is -0.251 e. The van der Waals surface area contributed by atoms with Gasteiger partial charge in [0, 0.05) is 5.56 Å². The summed E-state index contributed by atoms with van der Waals surface area (Å²) in [5, 5.41) is 14.0. The fourth-order valence-electron chi connectivity index (χ4n) is 3.30. The number of hydrogen-bond acceptors (Lipinski definition) is 6. The zero-order valence-electron chi connectivity index (χ0n) is 15.9. The van der Waals surface area contributed by atoms with Crippen LogP contribution in [0.5, 0.6) is 0 Å². The zero-order valence-corrected chi connectivity index (χ0v) is 16.7. The van der Waals surface area contributed by atoms with Crippen LogP contribution in [-0.4, -0.2) is 25.3 Å². The number of nitrogens with one attached hydrogen (secondary N) is 1. The lowest BCUT2D eigenvalue weighted by Crippen LogP contribution is -2.40. The van der Waals surface area contributed by atoms with Gasteiger partial charge < -0.3 is 0 Å². The summed E-state index contributed by atoms with van der Waals surface area (Å²) in [6, 6.07) is 28.1. The van der Waals surface area contributed by atoms with E-state index >= 15 is 0 Å². The number of nitrogens with zero attached hydrogens (tertiary/aromatic N) is 3. The van der Waals surface area contributed by atoms with Gasteiger partial charge in [-0.15, -0.1) is 0 Å². The molecule has 148 valence electrons. The molecule has 0 aromatic heterocycles. The first-order valence-electron chi connectivity index (χ1n) is 9.33. The van der Waals surface area contributed by atoms with Crippen molar-refractivity contribution < 1.29 is 8.42 Å². The molecular weight excluding hydrogens is 396 g/mol. The molecule has 0 amide bonds. The summed E-state index contributed by atoms with van der Waals surface area (Å²) in [4.78, 5) is 4.61.